The lowest BCUT2D eigenvalue weighted by Crippen LogP contribution is -1.99. The number of hydrogen-bond acceptors (Lipinski definition) is 2. The van der Waals surface area contributed by atoms with Gasteiger partial charge in [-0.2, -0.15) is 0 Å². The van der Waals surface area contributed by atoms with Gasteiger partial charge in [-0.15, -0.1) is 0 Å². The van der Waals surface area contributed by atoms with E-state index in [0.717, 1.165) is 27.5 Å². The van der Waals surface area contributed by atoms with E-state index < -0.39 is 0 Å². The van der Waals surface area contributed by atoms with Gasteiger partial charge in [-0.1, -0.05) is 29.8 Å². The van der Waals surface area contributed by atoms with Gasteiger partial charge in [0.1, 0.15) is 11.5 Å². The highest BCUT2D eigenvalue weighted by Gasteiger charge is 2.18. The zero-order valence-electron chi connectivity index (χ0n) is 9.70. The maximum Gasteiger partial charge on any atom is 0.127 e. The molecule has 0 amide bonds. The molecule has 2 nitrogen and oxygen atoms in total. The zero-order valence-corrected chi connectivity index (χ0v) is 9.70. The molecule has 1 aliphatic carbocycles. The van der Waals surface area contributed by atoms with E-state index in [2.05, 4.69) is 0 Å². The second-order valence-corrected chi connectivity index (χ2v) is 4.58. The molecule has 17 heavy (non-hydrogen) atoms. The molecule has 0 spiro atoms. The van der Waals surface area contributed by atoms with Gasteiger partial charge in [-0.25, -0.2) is 0 Å². The van der Waals surface area contributed by atoms with Crippen molar-refractivity contribution in [3.8, 4) is 11.5 Å². The Morgan fingerprint density at radius 1 is 0.882 bits per heavy atom. The van der Waals surface area contributed by atoms with Gasteiger partial charge in [0, 0.05) is 21.9 Å². The summed E-state index contributed by atoms with van der Waals surface area (Å²) in [6.45, 7) is 1.98. The molecule has 0 heterocycles. The van der Waals surface area contributed by atoms with Gasteiger partial charge in [-0.05, 0) is 25.8 Å². The summed E-state index contributed by atoms with van der Waals surface area (Å²) in [4.78, 5) is 0. The van der Waals surface area contributed by atoms with Crippen LogP contribution in [0.5, 0.6) is 11.5 Å². The summed E-state index contributed by atoms with van der Waals surface area (Å²) in [5.41, 5.74) is 2.81. The molecule has 0 unspecified atom stereocenters. The Balaban J connectivity index is 2.45. The lowest BCUT2D eigenvalue weighted by molar-refractivity contribution is 0.459. The number of phenols is 2. The van der Waals surface area contributed by atoms with Crippen LogP contribution in [0, 0.1) is 6.92 Å². The van der Waals surface area contributed by atoms with Crippen LogP contribution in [-0.2, 0) is 12.8 Å². The number of phenolic OH excluding ortho intramolecular Hbond substituents is 2. The quantitative estimate of drug-likeness (QED) is 0.535. The summed E-state index contributed by atoms with van der Waals surface area (Å²) in [5.74, 6) is 0.637. The first-order valence-corrected chi connectivity index (χ1v) is 5.79. The number of aryl methyl sites for hydroxylation is 1. The molecular formula is C15H14O2. The molecule has 0 radical (unpaired) electrons. The van der Waals surface area contributed by atoms with Crippen LogP contribution in [0.4, 0.5) is 0 Å². The van der Waals surface area contributed by atoms with Crippen molar-refractivity contribution in [2.45, 2.75) is 19.8 Å². The maximum absolute atomic E-state index is 10.3. The molecule has 3 rings (SSSR count). The van der Waals surface area contributed by atoms with Crippen LogP contribution in [0.25, 0.3) is 10.8 Å². The highest BCUT2D eigenvalue weighted by Crippen LogP contribution is 2.41. The molecule has 0 saturated heterocycles. The average Bonchev–Trinajstić information content (AvgIpc) is 2.36. The number of hydrogen-bond donors (Lipinski definition) is 2. The van der Waals surface area contributed by atoms with E-state index in [1.165, 1.54) is 0 Å². The Morgan fingerprint density at radius 3 is 2.12 bits per heavy atom. The Kier molecular flexibility index (Phi) is 2.11. The molecule has 0 bridgehead atoms. The molecule has 0 atom stereocenters. The first kappa shape index (κ1) is 10.2. The highest BCUT2D eigenvalue weighted by molar-refractivity contribution is 5.96. The van der Waals surface area contributed by atoms with Crippen molar-refractivity contribution < 1.29 is 10.2 Å². The molecule has 0 aromatic heterocycles. The van der Waals surface area contributed by atoms with Crippen LogP contribution in [-0.4, -0.2) is 10.2 Å². The topological polar surface area (TPSA) is 40.5 Å². The summed E-state index contributed by atoms with van der Waals surface area (Å²) in [6.07, 6.45) is 5.45. The van der Waals surface area contributed by atoms with E-state index in [4.69, 9.17) is 0 Å². The lowest BCUT2D eigenvalue weighted by Gasteiger charge is -2.17. The van der Waals surface area contributed by atoms with Crippen LogP contribution in [0.15, 0.2) is 30.4 Å². The van der Waals surface area contributed by atoms with Crippen LogP contribution in [0.2, 0.25) is 0 Å². The molecule has 0 aliphatic heterocycles. The summed E-state index contributed by atoms with van der Waals surface area (Å²) in [7, 11) is 0. The van der Waals surface area contributed by atoms with E-state index in [1.807, 2.05) is 37.3 Å². The molecule has 2 aromatic carbocycles. The Hall–Kier alpha value is -1.96. The van der Waals surface area contributed by atoms with E-state index in [1.54, 1.807) is 0 Å². The van der Waals surface area contributed by atoms with Crippen LogP contribution < -0.4 is 0 Å². The standard InChI is InChI=1S/C15H14O2/c1-9-6-7-12-13(8-9)15(17)11-5-3-2-4-10(11)14(12)16/h2-3,6-8,16-17H,4-5H2,1H3. The molecule has 1 aliphatic rings. The van der Waals surface area contributed by atoms with Gasteiger partial charge in [0.05, 0.1) is 0 Å². The first-order chi connectivity index (χ1) is 8.18. The third kappa shape index (κ3) is 1.41. The third-order valence-electron chi connectivity index (χ3n) is 3.43. The Labute approximate surface area is 99.8 Å². The summed E-state index contributed by atoms with van der Waals surface area (Å²) >= 11 is 0. The predicted molar refractivity (Wildman–Crippen MR) is 68.6 cm³/mol. The number of fused-ring (bicyclic) bond motifs is 2. The average molecular weight is 226 g/mol. The van der Waals surface area contributed by atoms with Crippen LogP contribution >= 0.6 is 0 Å². The van der Waals surface area contributed by atoms with Gasteiger partial charge in [0.2, 0.25) is 0 Å². The van der Waals surface area contributed by atoms with Gasteiger partial charge in [0.25, 0.3) is 0 Å². The normalized spacial score (nSPS) is 13.9. The number of aromatic hydroxyl groups is 2. The van der Waals surface area contributed by atoms with Crippen molar-refractivity contribution in [3.63, 3.8) is 0 Å². The second kappa shape index (κ2) is 3.52. The molecular weight excluding hydrogens is 212 g/mol. The van der Waals surface area contributed by atoms with E-state index >= 15 is 0 Å². The van der Waals surface area contributed by atoms with E-state index in [0.29, 0.717) is 24.3 Å². The number of benzene rings is 2. The molecule has 86 valence electrons. The number of allylic oxidation sites excluding steroid dienone is 2. The fourth-order valence-corrected chi connectivity index (χ4v) is 2.51. The summed E-state index contributed by atoms with van der Waals surface area (Å²) < 4.78 is 0. The highest BCUT2D eigenvalue weighted by atomic mass is 16.3. The molecule has 2 heteroatoms. The van der Waals surface area contributed by atoms with Crippen molar-refractivity contribution in [3.05, 3.63) is 47.0 Å². The van der Waals surface area contributed by atoms with Crippen LogP contribution in [0.1, 0.15) is 16.7 Å². The predicted octanol–water partition coefficient (Wildman–Crippen LogP) is 3.21. The molecule has 0 fully saturated rings. The monoisotopic (exact) mass is 226 g/mol. The van der Waals surface area contributed by atoms with E-state index in [-0.39, 0.29) is 0 Å². The summed E-state index contributed by atoms with van der Waals surface area (Å²) in [6, 6.07) is 5.74. The van der Waals surface area contributed by atoms with E-state index in [9.17, 15) is 10.2 Å². The Morgan fingerprint density at radius 2 is 1.47 bits per heavy atom. The van der Waals surface area contributed by atoms with Crippen molar-refractivity contribution in [1.82, 2.24) is 0 Å². The fourth-order valence-electron chi connectivity index (χ4n) is 2.51. The van der Waals surface area contributed by atoms with Gasteiger partial charge in [-0.3, -0.25) is 0 Å². The smallest absolute Gasteiger partial charge is 0.127 e. The SMILES string of the molecule is Cc1ccc2c(O)c3c(c(O)c2c1)CC=CC3. The van der Waals surface area contributed by atoms with Crippen molar-refractivity contribution >= 4 is 10.8 Å². The van der Waals surface area contributed by atoms with Crippen LogP contribution in [0.3, 0.4) is 0 Å². The largest absolute Gasteiger partial charge is 0.507 e. The second-order valence-electron chi connectivity index (χ2n) is 4.58. The molecule has 0 saturated carbocycles. The summed E-state index contributed by atoms with van der Waals surface area (Å²) in [5, 5.41) is 22.0. The van der Waals surface area contributed by atoms with Gasteiger partial charge in [0.15, 0.2) is 0 Å². The van der Waals surface area contributed by atoms with Gasteiger partial charge < -0.3 is 10.2 Å². The van der Waals surface area contributed by atoms with Gasteiger partial charge >= 0.3 is 0 Å². The van der Waals surface area contributed by atoms with Crippen molar-refractivity contribution in [2.24, 2.45) is 0 Å². The minimum Gasteiger partial charge on any atom is -0.507 e. The third-order valence-corrected chi connectivity index (χ3v) is 3.43. The Bertz CT molecular complexity index is 639. The minimum atomic E-state index is 0.317. The zero-order chi connectivity index (χ0) is 12.0. The van der Waals surface area contributed by atoms with Crippen molar-refractivity contribution in [1.29, 1.82) is 0 Å². The fraction of sp³-hybridized carbons (Fsp3) is 0.200. The van der Waals surface area contributed by atoms with Crippen molar-refractivity contribution in [2.75, 3.05) is 0 Å². The maximum atomic E-state index is 10.3. The number of rotatable bonds is 0. The first-order valence-electron chi connectivity index (χ1n) is 5.79. The lowest BCUT2D eigenvalue weighted by atomic mass is 9.90. The minimum absolute atomic E-state index is 0.317. The molecule has 2 aromatic rings. The molecule has 2 N–H and O–H groups in total.